The van der Waals surface area contributed by atoms with Crippen LogP contribution in [0, 0.1) is 0 Å². The lowest BCUT2D eigenvalue weighted by Gasteiger charge is -2.26. The number of nitrogens with zero attached hydrogens (tertiary/aromatic N) is 1. The molecule has 5 nitrogen and oxygen atoms in total. The average Bonchev–Trinajstić information content (AvgIpc) is 2.71. The maximum absolute atomic E-state index is 12.0. The van der Waals surface area contributed by atoms with Crippen LogP contribution in [-0.4, -0.2) is 58.0 Å². The summed E-state index contributed by atoms with van der Waals surface area (Å²) >= 11 is 0. The van der Waals surface area contributed by atoms with Gasteiger partial charge in [0.05, 0.1) is 12.7 Å². The Morgan fingerprint density at radius 3 is 1.97 bits per heavy atom. The number of amides is 1. The highest BCUT2D eigenvalue weighted by molar-refractivity contribution is 5.80. The molecule has 0 aromatic rings. The molecule has 0 aliphatic heterocycles. The second kappa shape index (κ2) is 20.1. The van der Waals surface area contributed by atoms with Crippen LogP contribution in [0.25, 0.3) is 0 Å². The number of carbonyl (C=O) groups is 1. The molecular formula is C24H45NO4. The normalized spacial score (nSPS) is 14.0. The molecule has 0 saturated carbocycles. The molecule has 0 aromatic carbocycles. The van der Waals surface area contributed by atoms with Crippen LogP contribution in [0.5, 0.6) is 0 Å². The Morgan fingerprint density at radius 1 is 0.862 bits per heavy atom. The minimum Gasteiger partial charge on any atom is -0.394 e. The van der Waals surface area contributed by atoms with Gasteiger partial charge in [-0.1, -0.05) is 69.8 Å². The number of hydrogen-bond donors (Lipinski definition) is 3. The quantitative estimate of drug-likeness (QED) is 0.218. The summed E-state index contributed by atoms with van der Waals surface area (Å²) in [6.45, 7) is 3.86. The van der Waals surface area contributed by atoms with E-state index in [1.165, 1.54) is 56.8 Å². The molecule has 29 heavy (non-hydrogen) atoms. The highest BCUT2D eigenvalue weighted by Gasteiger charge is 2.20. The van der Waals surface area contributed by atoms with E-state index in [0.29, 0.717) is 6.54 Å². The molecule has 1 amide bonds. The summed E-state index contributed by atoms with van der Waals surface area (Å²) in [5, 5.41) is 28.0. The lowest BCUT2D eigenvalue weighted by Crippen LogP contribution is -2.43. The van der Waals surface area contributed by atoms with Crippen LogP contribution in [-0.2, 0) is 4.79 Å². The SMILES string of the molecule is CCCCC/C=C/C/C=C/CCCCCCCCN(CC(O)CO)C(=O)C(C)O. The lowest BCUT2D eigenvalue weighted by atomic mass is 10.1. The monoisotopic (exact) mass is 411 g/mol. The van der Waals surface area contributed by atoms with Crippen molar-refractivity contribution in [3.05, 3.63) is 24.3 Å². The fraction of sp³-hybridized carbons (Fsp3) is 0.792. The van der Waals surface area contributed by atoms with Gasteiger partial charge in [0.1, 0.15) is 6.10 Å². The molecule has 2 unspecified atom stereocenters. The first-order valence-corrected chi connectivity index (χ1v) is 11.6. The van der Waals surface area contributed by atoms with E-state index in [9.17, 15) is 15.0 Å². The van der Waals surface area contributed by atoms with Crippen LogP contribution in [0.2, 0.25) is 0 Å². The molecule has 170 valence electrons. The molecule has 0 aliphatic rings. The van der Waals surface area contributed by atoms with E-state index in [0.717, 1.165) is 32.1 Å². The van der Waals surface area contributed by atoms with Crippen LogP contribution in [0.3, 0.4) is 0 Å². The standard InChI is InChI=1S/C24H45NO4/c1-3-4-5-6-7-8-9-10-11-12-13-14-15-16-17-18-19-25(20-23(28)21-26)24(29)22(2)27/h7-8,10-11,22-23,26-28H,3-6,9,12-21H2,1-2H3/b8-7+,11-10+. The minimum atomic E-state index is -1.08. The van der Waals surface area contributed by atoms with E-state index in [-0.39, 0.29) is 19.1 Å². The molecule has 0 aliphatic carbocycles. The van der Waals surface area contributed by atoms with Crippen molar-refractivity contribution in [2.75, 3.05) is 19.7 Å². The predicted molar refractivity (Wildman–Crippen MR) is 121 cm³/mol. The van der Waals surface area contributed by atoms with Crippen molar-refractivity contribution in [3.63, 3.8) is 0 Å². The van der Waals surface area contributed by atoms with Crippen molar-refractivity contribution >= 4 is 5.91 Å². The number of hydrogen-bond acceptors (Lipinski definition) is 4. The molecule has 0 spiro atoms. The van der Waals surface area contributed by atoms with E-state index in [1.807, 2.05) is 0 Å². The van der Waals surface area contributed by atoms with Crippen molar-refractivity contribution in [1.82, 2.24) is 4.90 Å². The summed E-state index contributed by atoms with van der Waals surface area (Å²) < 4.78 is 0. The molecular weight excluding hydrogens is 366 g/mol. The zero-order chi connectivity index (χ0) is 21.7. The lowest BCUT2D eigenvalue weighted by molar-refractivity contribution is -0.141. The van der Waals surface area contributed by atoms with Crippen molar-refractivity contribution in [1.29, 1.82) is 0 Å². The third-order valence-electron chi connectivity index (χ3n) is 4.94. The number of rotatable bonds is 19. The molecule has 0 fully saturated rings. The fourth-order valence-electron chi connectivity index (χ4n) is 3.16. The number of unbranched alkanes of at least 4 members (excludes halogenated alkanes) is 9. The van der Waals surface area contributed by atoms with Crippen LogP contribution in [0.15, 0.2) is 24.3 Å². The van der Waals surface area contributed by atoms with Crippen molar-refractivity contribution in [2.45, 2.75) is 103 Å². The largest absolute Gasteiger partial charge is 0.394 e. The van der Waals surface area contributed by atoms with E-state index >= 15 is 0 Å². The fourth-order valence-corrected chi connectivity index (χ4v) is 3.16. The molecule has 0 heterocycles. The van der Waals surface area contributed by atoms with E-state index < -0.39 is 12.2 Å². The molecule has 0 radical (unpaired) electrons. The number of aliphatic hydroxyl groups is 3. The third kappa shape index (κ3) is 17.4. The van der Waals surface area contributed by atoms with E-state index in [4.69, 9.17) is 5.11 Å². The van der Waals surface area contributed by atoms with Gasteiger partial charge >= 0.3 is 0 Å². The van der Waals surface area contributed by atoms with Gasteiger partial charge in [-0.05, 0) is 45.4 Å². The maximum atomic E-state index is 12.0. The number of carbonyl (C=O) groups excluding carboxylic acids is 1. The number of allylic oxidation sites excluding steroid dienone is 4. The first kappa shape index (κ1) is 27.8. The second-order valence-electron chi connectivity index (χ2n) is 7.88. The van der Waals surface area contributed by atoms with E-state index in [1.54, 1.807) is 0 Å². The summed E-state index contributed by atoms with van der Waals surface area (Å²) in [7, 11) is 0. The smallest absolute Gasteiger partial charge is 0.251 e. The zero-order valence-corrected chi connectivity index (χ0v) is 18.8. The summed E-state index contributed by atoms with van der Waals surface area (Å²) in [5.41, 5.74) is 0. The molecule has 0 bridgehead atoms. The maximum Gasteiger partial charge on any atom is 0.251 e. The second-order valence-corrected chi connectivity index (χ2v) is 7.88. The molecule has 0 saturated heterocycles. The van der Waals surface area contributed by atoms with Crippen LogP contribution in [0.1, 0.15) is 90.9 Å². The highest BCUT2D eigenvalue weighted by Crippen LogP contribution is 2.09. The Bertz CT molecular complexity index is 435. The van der Waals surface area contributed by atoms with Gasteiger partial charge in [0, 0.05) is 13.1 Å². The Morgan fingerprint density at radius 2 is 1.41 bits per heavy atom. The first-order chi connectivity index (χ1) is 14.0. The van der Waals surface area contributed by atoms with Gasteiger partial charge in [-0.2, -0.15) is 0 Å². The predicted octanol–water partition coefficient (Wildman–Crippen LogP) is 4.36. The Balaban J connectivity index is 3.67. The Hall–Kier alpha value is -1.17. The molecule has 3 N–H and O–H groups in total. The van der Waals surface area contributed by atoms with Crippen LogP contribution >= 0.6 is 0 Å². The summed E-state index contributed by atoms with van der Waals surface area (Å²) in [6, 6.07) is 0. The van der Waals surface area contributed by atoms with Gasteiger partial charge in [0.2, 0.25) is 0 Å². The van der Waals surface area contributed by atoms with Gasteiger partial charge in [0.15, 0.2) is 0 Å². The van der Waals surface area contributed by atoms with Gasteiger partial charge in [0.25, 0.3) is 5.91 Å². The average molecular weight is 412 g/mol. The van der Waals surface area contributed by atoms with Gasteiger partial charge in [-0.25, -0.2) is 0 Å². The molecule has 2 atom stereocenters. The Labute approximate surface area is 178 Å². The molecule has 0 rings (SSSR count). The van der Waals surface area contributed by atoms with E-state index in [2.05, 4.69) is 31.2 Å². The van der Waals surface area contributed by atoms with Crippen LogP contribution < -0.4 is 0 Å². The summed E-state index contributed by atoms with van der Waals surface area (Å²) in [5.74, 6) is -0.389. The minimum absolute atomic E-state index is 0.0699. The third-order valence-corrected chi connectivity index (χ3v) is 4.94. The van der Waals surface area contributed by atoms with Crippen LogP contribution in [0.4, 0.5) is 0 Å². The van der Waals surface area contributed by atoms with Crippen molar-refractivity contribution < 1.29 is 20.1 Å². The number of aliphatic hydroxyl groups excluding tert-OH is 3. The van der Waals surface area contributed by atoms with Gasteiger partial charge in [-0.15, -0.1) is 0 Å². The van der Waals surface area contributed by atoms with Gasteiger partial charge < -0.3 is 20.2 Å². The highest BCUT2D eigenvalue weighted by atomic mass is 16.3. The zero-order valence-electron chi connectivity index (χ0n) is 18.8. The summed E-state index contributed by atoms with van der Waals surface area (Å²) in [4.78, 5) is 13.4. The van der Waals surface area contributed by atoms with Crippen molar-refractivity contribution in [3.8, 4) is 0 Å². The van der Waals surface area contributed by atoms with Crippen molar-refractivity contribution in [2.24, 2.45) is 0 Å². The molecule has 5 heteroatoms. The van der Waals surface area contributed by atoms with Gasteiger partial charge in [-0.3, -0.25) is 4.79 Å². The summed E-state index contributed by atoms with van der Waals surface area (Å²) in [6.07, 6.45) is 21.0. The molecule has 0 aromatic heterocycles. The topological polar surface area (TPSA) is 81.0 Å². The Kier molecular flexibility index (Phi) is 19.3. The first-order valence-electron chi connectivity index (χ1n) is 11.6.